The van der Waals surface area contributed by atoms with Gasteiger partial charge in [-0.15, -0.1) is 6.58 Å². The zero-order chi connectivity index (χ0) is 30.2. The molecule has 0 aromatic rings. The number of ether oxygens (including phenoxy) is 1. The van der Waals surface area contributed by atoms with Gasteiger partial charge in [0.25, 0.3) is 0 Å². The van der Waals surface area contributed by atoms with Crippen LogP contribution in [0.25, 0.3) is 0 Å². The molecule has 0 aromatic heterocycles. The van der Waals surface area contributed by atoms with Crippen molar-refractivity contribution in [2.75, 3.05) is 13.2 Å². The summed E-state index contributed by atoms with van der Waals surface area (Å²) in [6, 6.07) is 0. The minimum Gasteiger partial charge on any atom is -0.381 e. The average molecular weight is 535 g/mol. The minimum absolute atomic E-state index is 0. The summed E-state index contributed by atoms with van der Waals surface area (Å²) in [5.74, 6) is 2.33. The van der Waals surface area contributed by atoms with E-state index >= 15 is 0 Å². The van der Waals surface area contributed by atoms with Crippen LogP contribution >= 0.6 is 0 Å². The largest absolute Gasteiger partial charge is 1.00 e. The van der Waals surface area contributed by atoms with Gasteiger partial charge in [-0.05, 0) is 64.2 Å². The maximum Gasteiger partial charge on any atom is 1.00 e. The first-order valence-corrected chi connectivity index (χ1v) is 14.8. The molecule has 3 atom stereocenters. The molecule has 0 spiro atoms. The predicted octanol–water partition coefficient (Wildman–Crippen LogP) is 9.47. The van der Waals surface area contributed by atoms with Crippen molar-refractivity contribution < 1.29 is 23.6 Å². The van der Waals surface area contributed by atoms with Gasteiger partial charge in [0.05, 0.1) is 0 Å². The molecule has 1 rings (SSSR count). The Labute approximate surface area is 259 Å². The van der Waals surface area contributed by atoms with Gasteiger partial charge in [0.15, 0.2) is 0 Å². The predicted molar refractivity (Wildman–Crippen MR) is 180 cm³/mol. The summed E-state index contributed by atoms with van der Waals surface area (Å²) in [5.41, 5.74) is 3.77. The van der Waals surface area contributed by atoms with Crippen molar-refractivity contribution in [1.82, 2.24) is 0 Å². The molecule has 3 unspecified atom stereocenters. The van der Waals surface area contributed by atoms with Crippen molar-refractivity contribution in [1.29, 1.82) is 0 Å². The second-order valence-corrected chi connectivity index (χ2v) is 10.5. The van der Waals surface area contributed by atoms with Crippen LogP contribution in [0.2, 0.25) is 0 Å². The van der Waals surface area contributed by atoms with Crippen LogP contribution in [0.15, 0.2) is 86.1 Å². The molecule has 1 aliphatic heterocycles. The second-order valence-electron chi connectivity index (χ2n) is 10.5. The van der Waals surface area contributed by atoms with E-state index in [9.17, 15) is 0 Å². The monoisotopic (exact) mass is 535 g/mol. The first kappa shape index (κ1) is 47.4. The third kappa shape index (κ3) is 53.6. The van der Waals surface area contributed by atoms with Crippen LogP contribution in [0, 0.1) is 24.7 Å². The molecule has 222 valence electrons. The van der Waals surface area contributed by atoms with E-state index in [1.165, 1.54) is 63.4 Å². The van der Waals surface area contributed by atoms with Gasteiger partial charge in [-0.25, -0.2) is 18.6 Å². The molecule has 1 saturated heterocycles. The van der Waals surface area contributed by atoms with Gasteiger partial charge in [-0.3, -0.25) is 0 Å². The van der Waals surface area contributed by atoms with E-state index in [4.69, 9.17) is 4.74 Å². The number of hydrogen-bond acceptors (Lipinski definition) is 1. The van der Waals surface area contributed by atoms with Crippen LogP contribution in [0.3, 0.4) is 0 Å². The molecule has 0 amide bonds. The van der Waals surface area contributed by atoms with Crippen molar-refractivity contribution in [3.63, 3.8) is 0 Å². The van der Waals surface area contributed by atoms with Crippen LogP contribution in [0.1, 0.15) is 113 Å². The fourth-order valence-corrected chi connectivity index (χ4v) is 2.57. The van der Waals surface area contributed by atoms with Gasteiger partial charge in [-0.1, -0.05) is 135 Å². The van der Waals surface area contributed by atoms with E-state index in [1.807, 2.05) is 13.8 Å². The van der Waals surface area contributed by atoms with Crippen LogP contribution in [-0.4, -0.2) is 13.2 Å². The van der Waals surface area contributed by atoms with Gasteiger partial charge in [0, 0.05) is 13.2 Å². The van der Waals surface area contributed by atoms with E-state index in [2.05, 4.69) is 99.6 Å². The van der Waals surface area contributed by atoms with Crippen molar-refractivity contribution >= 4 is 0 Å². The third-order valence-corrected chi connectivity index (χ3v) is 6.11. The minimum atomic E-state index is 0. The molecule has 0 N–H and O–H groups in total. The van der Waals surface area contributed by atoms with Crippen molar-refractivity contribution in [3.8, 4) is 0 Å². The fourth-order valence-electron chi connectivity index (χ4n) is 2.57. The van der Waals surface area contributed by atoms with Gasteiger partial charge < -0.3 is 4.74 Å². The molecule has 0 bridgehead atoms. The average Bonchev–Trinajstić information content (AvgIpc) is 3.51. The van der Waals surface area contributed by atoms with Gasteiger partial charge in [0.2, 0.25) is 0 Å². The molecule has 0 aliphatic carbocycles. The molecule has 39 heavy (non-hydrogen) atoms. The SMILES string of the molecule is C1CCOC1.C=CC(=C)C.C=CC(C)CCC/C(C)=C\CC(C)CC.C=CC=C.[CH2-]/C(C)=C\CC(C)CC.[Li+]. The van der Waals surface area contributed by atoms with E-state index < -0.39 is 0 Å². The first-order chi connectivity index (χ1) is 17.9. The Hall–Kier alpha value is -1.39. The molecular formula is C37H67LiO. The summed E-state index contributed by atoms with van der Waals surface area (Å²) in [4.78, 5) is 0. The molecule has 1 fully saturated rings. The summed E-state index contributed by atoms with van der Waals surface area (Å²) >= 11 is 0. The molecule has 1 heterocycles. The number of hydrogen-bond donors (Lipinski definition) is 0. The summed E-state index contributed by atoms with van der Waals surface area (Å²) < 4.78 is 4.94. The van der Waals surface area contributed by atoms with E-state index in [-0.39, 0.29) is 18.9 Å². The molecule has 0 radical (unpaired) electrons. The summed E-state index contributed by atoms with van der Waals surface area (Å²) in [6.07, 6.45) is 23.1. The van der Waals surface area contributed by atoms with Gasteiger partial charge >= 0.3 is 18.9 Å². The van der Waals surface area contributed by atoms with Gasteiger partial charge in [-0.2, -0.15) is 0 Å². The summed E-state index contributed by atoms with van der Waals surface area (Å²) in [6.45, 7) is 40.9. The number of rotatable bonds is 13. The van der Waals surface area contributed by atoms with Gasteiger partial charge in [0.1, 0.15) is 0 Å². The normalized spacial score (nSPS) is 14.3. The second kappa shape index (κ2) is 38.8. The molecule has 0 aromatic carbocycles. The summed E-state index contributed by atoms with van der Waals surface area (Å²) in [7, 11) is 0. The zero-order valence-corrected chi connectivity index (χ0v) is 28.1. The Bertz CT molecular complexity index is 604. The Balaban J connectivity index is -0.000000136. The maximum absolute atomic E-state index is 4.94. The molecule has 0 saturated carbocycles. The maximum atomic E-state index is 4.94. The van der Waals surface area contributed by atoms with Crippen molar-refractivity contribution in [2.24, 2.45) is 17.8 Å². The third-order valence-electron chi connectivity index (χ3n) is 6.11. The number of allylic oxidation sites excluding steroid dienone is 9. The Morgan fingerprint density at radius 2 is 1.28 bits per heavy atom. The van der Waals surface area contributed by atoms with Crippen LogP contribution < -0.4 is 18.9 Å². The van der Waals surface area contributed by atoms with E-state index in [0.29, 0.717) is 5.92 Å². The van der Waals surface area contributed by atoms with Crippen molar-refractivity contribution in [2.45, 2.75) is 113 Å². The Morgan fingerprint density at radius 3 is 1.56 bits per heavy atom. The van der Waals surface area contributed by atoms with Crippen molar-refractivity contribution in [3.05, 3.63) is 93.0 Å². The Morgan fingerprint density at radius 1 is 0.846 bits per heavy atom. The zero-order valence-electron chi connectivity index (χ0n) is 28.1. The van der Waals surface area contributed by atoms with E-state index in [0.717, 1.165) is 30.6 Å². The molecular weight excluding hydrogens is 467 g/mol. The van der Waals surface area contributed by atoms with Crippen LogP contribution in [0.4, 0.5) is 0 Å². The molecule has 1 nitrogen and oxygen atoms in total. The standard InChI is InChI=1S/C15H28.C9H17.C5H8.C4H8O.C4H6.Li/c1-6-13(3)9-8-10-15(5)12-11-14(4)7-2;1-5-9(4)7-6-8(2)3;1-4-5(2)3;1-2-4-5-3-1;1-3-4-2;/h6,12-14H,1,7-11H2,2-5H3;6,9H,2,5,7H2,1,3-4H3;4H,1-2H2,3H3;1-4H2;3-4H,1-2H2;/q;-1;;;;+1/b15-12-;8-6+;;;;. The first-order valence-electron chi connectivity index (χ1n) is 14.8. The smallest absolute Gasteiger partial charge is 0.381 e. The fraction of sp³-hybridized carbons (Fsp3) is 0.595. The summed E-state index contributed by atoms with van der Waals surface area (Å²) in [5, 5.41) is 0. The topological polar surface area (TPSA) is 9.23 Å². The van der Waals surface area contributed by atoms with Crippen LogP contribution in [0.5, 0.6) is 0 Å². The van der Waals surface area contributed by atoms with Crippen LogP contribution in [-0.2, 0) is 4.74 Å². The molecule has 1 aliphatic rings. The Kier molecular flexibility index (Phi) is 47.1. The van der Waals surface area contributed by atoms with E-state index in [1.54, 1.807) is 23.8 Å². The quantitative estimate of drug-likeness (QED) is 0.0989. The molecule has 2 heteroatoms.